The van der Waals surface area contributed by atoms with Crippen molar-refractivity contribution in [3.63, 3.8) is 0 Å². The number of hydrogen-bond donors (Lipinski definition) is 1. The maximum absolute atomic E-state index is 12.7. The lowest BCUT2D eigenvalue weighted by Gasteiger charge is -2.28. The topological polar surface area (TPSA) is 67.4 Å². The first-order valence-electron chi connectivity index (χ1n) is 9.34. The number of fused-ring (bicyclic) bond motifs is 1. The third-order valence-corrected chi connectivity index (χ3v) is 5.51. The van der Waals surface area contributed by atoms with Crippen LogP contribution in [0.5, 0.6) is 0 Å². The smallest absolute Gasteiger partial charge is 0.227 e. The Bertz CT molecular complexity index is 852. The molecule has 7 heteroatoms. The van der Waals surface area contributed by atoms with Gasteiger partial charge < -0.3 is 15.0 Å². The van der Waals surface area contributed by atoms with Gasteiger partial charge in [0.25, 0.3) is 0 Å². The summed E-state index contributed by atoms with van der Waals surface area (Å²) in [6.45, 7) is 5.04. The fourth-order valence-corrected chi connectivity index (χ4v) is 3.77. The molecule has 2 aromatic rings. The molecule has 142 valence electrons. The third-order valence-electron chi connectivity index (χ3n) is 5.18. The van der Waals surface area contributed by atoms with E-state index >= 15 is 0 Å². The van der Waals surface area contributed by atoms with Gasteiger partial charge in [0.15, 0.2) is 0 Å². The Morgan fingerprint density at radius 1 is 1.33 bits per heavy atom. The predicted molar refractivity (Wildman–Crippen MR) is 105 cm³/mol. The summed E-state index contributed by atoms with van der Waals surface area (Å²) in [7, 11) is 0. The highest BCUT2D eigenvalue weighted by Gasteiger charge is 2.27. The minimum Gasteiger partial charge on any atom is -0.378 e. The molecule has 1 amide bonds. The first-order valence-corrected chi connectivity index (χ1v) is 9.72. The van der Waals surface area contributed by atoms with Gasteiger partial charge in [-0.1, -0.05) is 17.7 Å². The maximum atomic E-state index is 12.7. The van der Waals surface area contributed by atoms with Gasteiger partial charge in [-0.3, -0.25) is 4.79 Å². The molecule has 0 radical (unpaired) electrons. The Morgan fingerprint density at radius 2 is 2.15 bits per heavy atom. The summed E-state index contributed by atoms with van der Waals surface area (Å²) in [6.07, 6.45) is 4.11. The van der Waals surface area contributed by atoms with E-state index in [2.05, 4.69) is 15.2 Å². The summed E-state index contributed by atoms with van der Waals surface area (Å²) in [4.78, 5) is 24.1. The van der Waals surface area contributed by atoms with Gasteiger partial charge in [-0.2, -0.15) is 0 Å². The van der Waals surface area contributed by atoms with Crippen molar-refractivity contribution in [2.24, 2.45) is 5.92 Å². The highest BCUT2D eigenvalue weighted by atomic mass is 35.5. The van der Waals surface area contributed by atoms with Gasteiger partial charge >= 0.3 is 0 Å². The highest BCUT2D eigenvalue weighted by Crippen LogP contribution is 2.28. The van der Waals surface area contributed by atoms with Crippen molar-refractivity contribution in [2.75, 3.05) is 36.5 Å². The number of amides is 1. The number of morpholine rings is 1. The number of rotatable bonds is 3. The Labute approximate surface area is 163 Å². The summed E-state index contributed by atoms with van der Waals surface area (Å²) in [5.41, 5.74) is 3.86. The van der Waals surface area contributed by atoms with Crippen molar-refractivity contribution in [3.8, 4) is 0 Å². The van der Waals surface area contributed by atoms with Gasteiger partial charge in [0.1, 0.15) is 0 Å². The van der Waals surface area contributed by atoms with E-state index in [1.807, 2.05) is 31.3 Å². The summed E-state index contributed by atoms with van der Waals surface area (Å²) in [6, 6.07) is 5.64. The molecule has 1 aliphatic carbocycles. The Kier molecular flexibility index (Phi) is 5.27. The van der Waals surface area contributed by atoms with Crippen LogP contribution >= 0.6 is 11.6 Å². The Morgan fingerprint density at radius 3 is 2.96 bits per heavy atom. The Hall–Kier alpha value is -2.18. The second-order valence-corrected chi connectivity index (χ2v) is 7.56. The van der Waals surface area contributed by atoms with Gasteiger partial charge in [0.2, 0.25) is 11.9 Å². The van der Waals surface area contributed by atoms with Crippen LogP contribution in [0.2, 0.25) is 5.02 Å². The highest BCUT2D eigenvalue weighted by molar-refractivity contribution is 6.33. The molecule has 1 aromatic carbocycles. The van der Waals surface area contributed by atoms with Gasteiger partial charge in [-0.25, -0.2) is 9.97 Å². The fourth-order valence-electron chi connectivity index (χ4n) is 3.61. The van der Waals surface area contributed by atoms with E-state index in [1.165, 1.54) is 0 Å². The second-order valence-electron chi connectivity index (χ2n) is 7.15. The number of halogens is 1. The SMILES string of the molecule is Cc1ccc(Cl)c(NC(=O)[C@H]2CCc3nc(N4CCOCC4)ncc3C2)c1. The predicted octanol–water partition coefficient (Wildman–Crippen LogP) is 3.02. The largest absolute Gasteiger partial charge is 0.378 e. The molecule has 0 saturated carbocycles. The van der Waals surface area contributed by atoms with E-state index in [0.29, 0.717) is 30.3 Å². The summed E-state index contributed by atoms with van der Waals surface area (Å²) in [5.74, 6) is 0.684. The molecule has 2 heterocycles. The standard InChI is InChI=1S/C20H23ClN4O2/c1-13-2-4-16(21)18(10-13)23-19(26)14-3-5-17-15(11-14)12-22-20(24-17)25-6-8-27-9-7-25/h2,4,10,12,14H,3,5-9,11H2,1H3,(H,23,26)/t14-/m0/s1. The van der Waals surface area contributed by atoms with Crippen molar-refractivity contribution in [2.45, 2.75) is 26.2 Å². The number of benzene rings is 1. The number of aromatic nitrogens is 2. The molecule has 0 unspecified atom stereocenters. The lowest BCUT2D eigenvalue weighted by molar-refractivity contribution is -0.120. The molecule has 1 aromatic heterocycles. The number of nitrogens with one attached hydrogen (secondary N) is 1. The molecular weight excluding hydrogens is 364 g/mol. The van der Waals surface area contributed by atoms with E-state index in [-0.39, 0.29) is 11.8 Å². The van der Waals surface area contributed by atoms with Gasteiger partial charge in [-0.05, 0) is 49.4 Å². The van der Waals surface area contributed by atoms with Crippen molar-refractivity contribution in [3.05, 3.63) is 46.2 Å². The Balaban J connectivity index is 1.44. The van der Waals surface area contributed by atoms with Crippen LogP contribution in [0.3, 0.4) is 0 Å². The molecule has 1 atom stereocenters. The molecular formula is C20H23ClN4O2. The average molecular weight is 387 g/mol. The number of ether oxygens (including phenoxy) is 1. The molecule has 1 N–H and O–H groups in total. The molecule has 1 saturated heterocycles. The van der Waals surface area contributed by atoms with E-state index in [0.717, 1.165) is 48.7 Å². The van der Waals surface area contributed by atoms with Gasteiger partial charge in [-0.15, -0.1) is 0 Å². The molecule has 2 aliphatic rings. The van der Waals surface area contributed by atoms with E-state index < -0.39 is 0 Å². The number of hydrogen-bond acceptors (Lipinski definition) is 5. The van der Waals surface area contributed by atoms with Crippen LogP contribution in [0, 0.1) is 12.8 Å². The van der Waals surface area contributed by atoms with Gasteiger partial charge in [0, 0.05) is 30.9 Å². The number of anilines is 2. The zero-order chi connectivity index (χ0) is 18.8. The monoisotopic (exact) mass is 386 g/mol. The first-order chi connectivity index (χ1) is 13.1. The molecule has 27 heavy (non-hydrogen) atoms. The van der Waals surface area contributed by atoms with Crippen molar-refractivity contribution < 1.29 is 9.53 Å². The zero-order valence-corrected chi connectivity index (χ0v) is 16.1. The first kappa shape index (κ1) is 18.2. The quantitative estimate of drug-likeness (QED) is 0.878. The minimum atomic E-state index is -0.0908. The van der Waals surface area contributed by atoms with Crippen LogP contribution in [0.15, 0.2) is 24.4 Å². The summed E-state index contributed by atoms with van der Waals surface area (Å²) in [5, 5.41) is 3.54. The number of carbonyl (C=O) groups excluding carboxylic acids is 1. The van der Waals surface area contributed by atoms with Crippen LogP contribution in [0.4, 0.5) is 11.6 Å². The normalized spacial score (nSPS) is 19.5. The van der Waals surface area contributed by atoms with E-state index in [9.17, 15) is 4.79 Å². The van der Waals surface area contributed by atoms with Crippen molar-refractivity contribution in [1.29, 1.82) is 0 Å². The van der Waals surface area contributed by atoms with Crippen LogP contribution in [-0.4, -0.2) is 42.2 Å². The van der Waals surface area contributed by atoms with Crippen LogP contribution in [0.25, 0.3) is 0 Å². The molecule has 1 fully saturated rings. The average Bonchev–Trinajstić information content (AvgIpc) is 2.70. The number of aryl methyl sites for hydroxylation is 2. The minimum absolute atomic E-state index is 0.00501. The summed E-state index contributed by atoms with van der Waals surface area (Å²) >= 11 is 6.20. The van der Waals surface area contributed by atoms with Crippen molar-refractivity contribution >= 4 is 29.1 Å². The molecule has 1 aliphatic heterocycles. The molecule has 0 spiro atoms. The number of nitrogens with zero attached hydrogens (tertiary/aromatic N) is 3. The van der Waals surface area contributed by atoms with Gasteiger partial charge in [0.05, 0.1) is 23.9 Å². The second kappa shape index (κ2) is 7.82. The maximum Gasteiger partial charge on any atom is 0.227 e. The third kappa shape index (κ3) is 4.06. The lowest BCUT2D eigenvalue weighted by Crippen LogP contribution is -2.38. The van der Waals surface area contributed by atoms with E-state index in [4.69, 9.17) is 21.3 Å². The van der Waals surface area contributed by atoms with E-state index in [1.54, 1.807) is 0 Å². The molecule has 4 rings (SSSR count). The molecule has 0 bridgehead atoms. The van der Waals surface area contributed by atoms with Crippen molar-refractivity contribution in [1.82, 2.24) is 9.97 Å². The lowest BCUT2D eigenvalue weighted by atomic mass is 9.86. The van der Waals surface area contributed by atoms with Crippen LogP contribution in [0.1, 0.15) is 23.2 Å². The van der Waals surface area contributed by atoms with Crippen LogP contribution in [-0.2, 0) is 22.4 Å². The number of carbonyl (C=O) groups is 1. The zero-order valence-electron chi connectivity index (χ0n) is 15.4. The van der Waals surface area contributed by atoms with Crippen LogP contribution < -0.4 is 10.2 Å². The molecule has 6 nitrogen and oxygen atoms in total. The fraction of sp³-hybridized carbons (Fsp3) is 0.450. The summed E-state index contributed by atoms with van der Waals surface area (Å²) < 4.78 is 5.39.